The number of aromatic hydroxyl groups is 1. The molecule has 154 valence electrons. The minimum absolute atomic E-state index is 0.0907. The van der Waals surface area contributed by atoms with E-state index in [-0.39, 0.29) is 23.8 Å². The predicted molar refractivity (Wildman–Crippen MR) is 110 cm³/mol. The van der Waals surface area contributed by atoms with Crippen molar-refractivity contribution in [3.05, 3.63) is 59.7 Å². The maximum Gasteiger partial charge on any atom is 0.317 e. The van der Waals surface area contributed by atoms with Crippen LogP contribution in [0.15, 0.2) is 48.5 Å². The van der Waals surface area contributed by atoms with Crippen LogP contribution in [-0.2, 0) is 6.54 Å². The molecule has 1 aliphatic rings. The summed E-state index contributed by atoms with van der Waals surface area (Å²) in [6.07, 6.45) is 0.0976. The fourth-order valence-corrected chi connectivity index (χ4v) is 3.19. The molecule has 7 heteroatoms. The van der Waals surface area contributed by atoms with Crippen LogP contribution in [0.2, 0.25) is 0 Å². The summed E-state index contributed by atoms with van der Waals surface area (Å²) in [5.41, 5.74) is 1.50. The quantitative estimate of drug-likeness (QED) is 0.813. The molecular weight excluding hydrogens is 370 g/mol. The van der Waals surface area contributed by atoms with Crippen molar-refractivity contribution in [3.63, 3.8) is 0 Å². The van der Waals surface area contributed by atoms with Gasteiger partial charge in [-0.1, -0.05) is 12.1 Å². The van der Waals surface area contributed by atoms with E-state index in [0.717, 1.165) is 11.3 Å². The van der Waals surface area contributed by atoms with Crippen molar-refractivity contribution in [1.29, 1.82) is 0 Å². The Labute approximate surface area is 170 Å². The minimum Gasteiger partial charge on any atom is -0.508 e. The monoisotopic (exact) mass is 397 g/mol. The van der Waals surface area contributed by atoms with E-state index in [1.807, 2.05) is 38.1 Å². The van der Waals surface area contributed by atoms with E-state index in [1.54, 1.807) is 21.9 Å². The summed E-state index contributed by atoms with van der Waals surface area (Å²) < 4.78 is 5.68. The summed E-state index contributed by atoms with van der Waals surface area (Å²) in [6, 6.07) is 13.7. The van der Waals surface area contributed by atoms with E-state index in [0.29, 0.717) is 38.3 Å². The van der Waals surface area contributed by atoms with Gasteiger partial charge in [-0.25, -0.2) is 4.79 Å². The number of benzene rings is 2. The van der Waals surface area contributed by atoms with Crippen LogP contribution < -0.4 is 10.1 Å². The smallest absolute Gasteiger partial charge is 0.317 e. The summed E-state index contributed by atoms with van der Waals surface area (Å²) >= 11 is 0. The number of urea groups is 1. The highest BCUT2D eigenvalue weighted by molar-refractivity contribution is 5.94. The molecule has 0 aliphatic carbocycles. The van der Waals surface area contributed by atoms with Gasteiger partial charge in [0.15, 0.2) is 0 Å². The van der Waals surface area contributed by atoms with E-state index in [4.69, 9.17) is 4.74 Å². The van der Waals surface area contributed by atoms with Crippen LogP contribution in [0.5, 0.6) is 11.5 Å². The zero-order valence-corrected chi connectivity index (χ0v) is 16.8. The van der Waals surface area contributed by atoms with Gasteiger partial charge < -0.3 is 25.0 Å². The average Bonchev–Trinajstić information content (AvgIpc) is 2.72. The summed E-state index contributed by atoms with van der Waals surface area (Å²) in [4.78, 5) is 28.4. The highest BCUT2D eigenvalue weighted by atomic mass is 16.5. The fraction of sp³-hybridized carbons (Fsp3) is 0.364. The second-order valence-electron chi connectivity index (χ2n) is 7.30. The standard InChI is InChI=1S/C22H27N3O4/c1-16(2)29-20-5-3-4-17(14-20)15-23-22(28)25-12-10-24(11-13-25)21(27)18-6-8-19(26)9-7-18/h3-9,14,16,26H,10-13,15H2,1-2H3,(H,23,28). The molecule has 3 rings (SSSR count). The molecular formula is C22H27N3O4. The van der Waals surface area contributed by atoms with Gasteiger partial charge in [0.1, 0.15) is 11.5 Å². The molecule has 1 saturated heterocycles. The van der Waals surface area contributed by atoms with Crippen molar-refractivity contribution in [3.8, 4) is 11.5 Å². The molecule has 0 radical (unpaired) electrons. The lowest BCUT2D eigenvalue weighted by Crippen LogP contribution is -2.53. The zero-order chi connectivity index (χ0) is 20.8. The Hall–Kier alpha value is -3.22. The van der Waals surface area contributed by atoms with Crippen molar-refractivity contribution < 1.29 is 19.4 Å². The lowest BCUT2D eigenvalue weighted by molar-refractivity contribution is 0.0665. The van der Waals surface area contributed by atoms with Crippen LogP contribution in [0.4, 0.5) is 4.79 Å². The number of piperazine rings is 1. The largest absolute Gasteiger partial charge is 0.508 e. The Morgan fingerprint density at radius 3 is 2.34 bits per heavy atom. The summed E-state index contributed by atoms with van der Waals surface area (Å²) in [5.74, 6) is 0.824. The Kier molecular flexibility index (Phi) is 6.59. The molecule has 1 fully saturated rings. The molecule has 29 heavy (non-hydrogen) atoms. The summed E-state index contributed by atoms with van der Waals surface area (Å²) in [5, 5.41) is 12.3. The molecule has 0 saturated carbocycles. The van der Waals surface area contributed by atoms with Crippen LogP contribution in [-0.4, -0.2) is 59.1 Å². The van der Waals surface area contributed by atoms with Crippen LogP contribution in [0.25, 0.3) is 0 Å². The highest BCUT2D eigenvalue weighted by Gasteiger charge is 2.24. The highest BCUT2D eigenvalue weighted by Crippen LogP contribution is 2.16. The Balaban J connectivity index is 1.47. The molecule has 7 nitrogen and oxygen atoms in total. The number of amides is 3. The van der Waals surface area contributed by atoms with Crippen molar-refractivity contribution in [1.82, 2.24) is 15.1 Å². The Morgan fingerprint density at radius 2 is 1.69 bits per heavy atom. The third-order valence-electron chi connectivity index (χ3n) is 4.68. The topological polar surface area (TPSA) is 82.1 Å². The molecule has 0 atom stereocenters. The van der Waals surface area contributed by atoms with Crippen molar-refractivity contribution >= 4 is 11.9 Å². The van der Waals surface area contributed by atoms with Gasteiger partial charge in [-0.3, -0.25) is 4.79 Å². The molecule has 0 spiro atoms. The molecule has 2 N–H and O–H groups in total. The number of phenolic OH excluding ortho intramolecular Hbond substituents is 1. The maximum atomic E-state index is 12.5. The number of hydrogen-bond donors (Lipinski definition) is 2. The first kappa shape index (κ1) is 20.5. The molecule has 0 unspecified atom stereocenters. The van der Waals surface area contributed by atoms with Crippen LogP contribution in [0.3, 0.4) is 0 Å². The molecule has 2 aromatic rings. The third kappa shape index (κ3) is 5.63. The number of nitrogens with zero attached hydrogens (tertiary/aromatic N) is 2. The predicted octanol–water partition coefficient (Wildman–Crippen LogP) is 2.85. The van der Waals surface area contributed by atoms with Crippen molar-refractivity contribution in [2.45, 2.75) is 26.5 Å². The van der Waals surface area contributed by atoms with Gasteiger partial charge in [-0.15, -0.1) is 0 Å². The number of rotatable bonds is 5. The second-order valence-corrected chi connectivity index (χ2v) is 7.30. The average molecular weight is 397 g/mol. The van der Waals surface area contributed by atoms with Crippen LogP contribution >= 0.6 is 0 Å². The first-order valence-electron chi connectivity index (χ1n) is 9.79. The van der Waals surface area contributed by atoms with E-state index < -0.39 is 0 Å². The lowest BCUT2D eigenvalue weighted by Gasteiger charge is -2.34. The van der Waals surface area contributed by atoms with Gasteiger partial charge in [0.2, 0.25) is 0 Å². The number of nitrogens with one attached hydrogen (secondary N) is 1. The summed E-state index contributed by atoms with van der Waals surface area (Å²) in [7, 11) is 0. The van der Waals surface area contributed by atoms with Gasteiger partial charge in [-0.2, -0.15) is 0 Å². The van der Waals surface area contributed by atoms with E-state index >= 15 is 0 Å². The SMILES string of the molecule is CC(C)Oc1cccc(CNC(=O)N2CCN(C(=O)c3ccc(O)cc3)CC2)c1. The molecule has 2 aromatic carbocycles. The number of phenols is 1. The number of carbonyl (C=O) groups is 2. The lowest BCUT2D eigenvalue weighted by atomic mass is 10.1. The molecule has 0 aromatic heterocycles. The third-order valence-corrected chi connectivity index (χ3v) is 4.68. The van der Waals surface area contributed by atoms with Gasteiger partial charge >= 0.3 is 6.03 Å². The second kappa shape index (κ2) is 9.32. The van der Waals surface area contributed by atoms with E-state index in [1.165, 1.54) is 12.1 Å². The number of ether oxygens (including phenoxy) is 1. The zero-order valence-electron chi connectivity index (χ0n) is 16.8. The first-order valence-corrected chi connectivity index (χ1v) is 9.79. The Morgan fingerprint density at radius 1 is 1.03 bits per heavy atom. The van der Waals surface area contributed by atoms with Crippen molar-refractivity contribution in [2.75, 3.05) is 26.2 Å². The minimum atomic E-state index is -0.142. The van der Waals surface area contributed by atoms with E-state index in [2.05, 4.69) is 5.32 Å². The number of hydrogen-bond acceptors (Lipinski definition) is 4. The van der Waals surface area contributed by atoms with Gasteiger partial charge in [0, 0.05) is 38.3 Å². The number of carbonyl (C=O) groups excluding carboxylic acids is 2. The fourth-order valence-electron chi connectivity index (χ4n) is 3.19. The molecule has 0 bridgehead atoms. The Bertz CT molecular complexity index is 843. The van der Waals surface area contributed by atoms with Gasteiger partial charge in [0.25, 0.3) is 5.91 Å². The van der Waals surface area contributed by atoms with Gasteiger partial charge in [-0.05, 0) is 55.8 Å². The molecule has 1 heterocycles. The van der Waals surface area contributed by atoms with Crippen molar-refractivity contribution in [2.24, 2.45) is 0 Å². The van der Waals surface area contributed by atoms with E-state index in [9.17, 15) is 14.7 Å². The molecule has 3 amide bonds. The van der Waals surface area contributed by atoms with Gasteiger partial charge in [0.05, 0.1) is 6.10 Å². The van der Waals surface area contributed by atoms with Crippen LogP contribution in [0, 0.1) is 0 Å². The normalized spacial score (nSPS) is 14.0. The van der Waals surface area contributed by atoms with Crippen LogP contribution in [0.1, 0.15) is 29.8 Å². The molecule has 1 aliphatic heterocycles. The first-order chi connectivity index (χ1) is 13.9. The maximum absolute atomic E-state index is 12.5. The summed E-state index contributed by atoms with van der Waals surface area (Å²) in [6.45, 7) is 6.27.